The Morgan fingerprint density at radius 1 is 0.800 bits per heavy atom. The van der Waals surface area contributed by atoms with Crippen molar-refractivity contribution in [1.82, 2.24) is 0 Å². The van der Waals surface area contributed by atoms with E-state index in [9.17, 15) is 9.59 Å². The lowest BCUT2D eigenvalue weighted by Gasteiger charge is -2.13. The summed E-state index contributed by atoms with van der Waals surface area (Å²) in [5.41, 5.74) is -2.05. The molecule has 1 aliphatic carbocycles. The lowest BCUT2D eigenvalue weighted by Crippen LogP contribution is -2.27. The lowest BCUT2D eigenvalue weighted by molar-refractivity contribution is -0.156. The maximum atomic E-state index is 11.7. The monoisotopic (exact) mass is 214 g/mol. The van der Waals surface area contributed by atoms with Gasteiger partial charge in [0, 0.05) is 0 Å². The van der Waals surface area contributed by atoms with E-state index < -0.39 is 16.2 Å². The van der Waals surface area contributed by atoms with Gasteiger partial charge >= 0.3 is 11.9 Å². The van der Waals surface area contributed by atoms with Crippen LogP contribution in [0.4, 0.5) is 0 Å². The first-order chi connectivity index (χ1) is 6.71. The number of carbonyl (C=O) groups excluding carboxylic acids is 2. The minimum Gasteiger partial charge on any atom is -0.469 e. The van der Waals surface area contributed by atoms with Gasteiger partial charge in [-0.25, -0.2) is 0 Å². The summed E-state index contributed by atoms with van der Waals surface area (Å²) in [5.74, 6) is -0.721. The van der Waals surface area contributed by atoms with E-state index in [1.807, 2.05) is 13.8 Å². The summed E-state index contributed by atoms with van der Waals surface area (Å²) >= 11 is 0. The second kappa shape index (κ2) is 2.97. The molecule has 0 aromatic heterocycles. The van der Waals surface area contributed by atoms with Crippen molar-refractivity contribution >= 4 is 11.9 Å². The lowest BCUT2D eigenvalue weighted by atomic mass is 9.96. The molecule has 0 bridgehead atoms. The highest BCUT2D eigenvalue weighted by Gasteiger charge is 2.85. The number of carbonyl (C=O) groups is 2. The van der Waals surface area contributed by atoms with Crippen LogP contribution in [0.3, 0.4) is 0 Å². The number of ether oxygens (including phenoxy) is 2. The van der Waals surface area contributed by atoms with Crippen LogP contribution in [0.25, 0.3) is 0 Å². The van der Waals surface area contributed by atoms with Crippen molar-refractivity contribution in [2.24, 2.45) is 16.2 Å². The van der Waals surface area contributed by atoms with E-state index >= 15 is 0 Å². The molecule has 0 aromatic carbocycles. The molecule has 0 amide bonds. The van der Waals surface area contributed by atoms with Crippen LogP contribution >= 0.6 is 0 Å². The third-order valence-electron chi connectivity index (χ3n) is 4.62. The van der Waals surface area contributed by atoms with Gasteiger partial charge in [-0.05, 0) is 19.3 Å². The van der Waals surface area contributed by atoms with Crippen molar-refractivity contribution in [2.45, 2.75) is 27.7 Å². The van der Waals surface area contributed by atoms with Gasteiger partial charge in [-0.15, -0.1) is 0 Å². The molecule has 2 unspecified atom stereocenters. The van der Waals surface area contributed by atoms with Crippen LogP contribution < -0.4 is 0 Å². The van der Waals surface area contributed by atoms with E-state index in [-0.39, 0.29) is 11.9 Å². The quantitative estimate of drug-likeness (QED) is 0.652. The smallest absolute Gasteiger partial charge is 0.313 e. The normalized spacial score (nSPS) is 36.9. The summed E-state index contributed by atoms with van der Waals surface area (Å²) in [4.78, 5) is 23.4. The predicted octanol–water partition coefficient (Wildman–Crippen LogP) is 1.38. The maximum absolute atomic E-state index is 11.7. The van der Waals surface area contributed by atoms with Crippen molar-refractivity contribution in [3.63, 3.8) is 0 Å². The zero-order chi connectivity index (χ0) is 12.1. The van der Waals surface area contributed by atoms with Gasteiger partial charge in [-0.2, -0.15) is 0 Å². The number of methoxy groups -OCH3 is 2. The van der Waals surface area contributed by atoms with E-state index in [0.29, 0.717) is 0 Å². The third-order valence-corrected chi connectivity index (χ3v) is 4.62. The Morgan fingerprint density at radius 3 is 1.27 bits per heavy atom. The second-order valence-electron chi connectivity index (χ2n) is 4.86. The Morgan fingerprint density at radius 2 is 1.07 bits per heavy atom. The highest BCUT2D eigenvalue weighted by Crippen LogP contribution is 2.78. The minimum atomic E-state index is -0.804. The first-order valence-corrected chi connectivity index (χ1v) is 4.88. The van der Waals surface area contributed by atoms with Gasteiger partial charge in [-0.3, -0.25) is 9.59 Å². The SMILES string of the molecule is COC(=O)C1(C)C(C)(C)C1(C)C(=O)OC. The molecular weight excluding hydrogens is 196 g/mol. The van der Waals surface area contributed by atoms with Gasteiger partial charge in [-0.1, -0.05) is 13.8 Å². The summed E-state index contributed by atoms with van der Waals surface area (Å²) in [7, 11) is 2.67. The maximum Gasteiger partial charge on any atom is 0.313 e. The Hall–Kier alpha value is -1.06. The van der Waals surface area contributed by atoms with Crippen molar-refractivity contribution in [3.8, 4) is 0 Å². The van der Waals surface area contributed by atoms with Gasteiger partial charge in [0.1, 0.15) is 0 Å². The molecule has 4 heteroatoms. The predicted molar refractivity (Wildman–Crippen MR) is 54.0 cm³/mol. The van der Waals surface area contributed by atoms with Crippen LogP contribution in [0.15, 0.2) is 0 Å². The molecule has 0 spiro atoms. The second-order valence-corrected chi connectivity index (χ2v) is 4.86. The van der Waals surface area contributed by atoms with Crippen LogP contribution in [0.1, 0.15) is 27.7 Å². The highest BCUT2D eigenvalue weighted by atomic mass is 16.5. The molecule has 0 aliphatic heterocycles. The van der Waals surface area contributed by atoms with Crippen LogP contribution in [-0.4, -0.2) is 26.2 Å². The summed E-state index contributed by atoms with van der Waals surface area (Å²) in [6, 6.07) is 0. The van der Waals surface area contributed by atoms with Gasteiger partial charge in [0.15, 0.2) is 0 Å². The molecule has 1 rings (SSSR count). The van der Waals surface area contributed by atoms with Gasteiger partial charge in [0.05, 0.1) is 25.0 Å². The molecule has 4 nitrogen and oxygen atoms in total. The molecule has 0 radical (unpaired) electrons. The first-order valence-electron chi connectivity index (χ1n) is 4.88. The fourth-order valence-electron chi connectivity index (χ4n) is 2.67. The molecule has 1 aliphatic rings. The fourth-order valence-corrected chi connectivity index (χ4v) is 2.67. The Balaban J connectivity index is 3.16. The van der Waals surface area contributed by atoms with Gasteiger partial charge < -0.3 is 9.47 Å². The molecule has 0 saturated heterocycles. The topological polar surface area (TPSA) is 52.6 Å². The average molecular weight is 214 g/mol. The van der Waals surface area contributed by atoms with Gasteiger partial charge in [0.25, 0.3) is 0 Å². The zero-order valence-corrected chi connectivity index (χ0v) is 10.1. The minimum absolute atomic E-state index is 0.361. The largest absolute Gasteiger partial charge is 0.469 e. The summed E-state index contributed by atoms with van der Waals surface area (Å²) in [5, 5.41) is 0. The zero-order valence-electron chi connectivity index (χ0n) is 10.1. The molecule has 86 valence electrons. The van der Waals surface area contributed by atoms with Crippen molar-refractivity contribution in [3.05, 3.63) is 0 Å². The Labute approximate surface area is 89.9 Å². The molecule has 0 N–H and O–H groups in total. The van der Waals surface area contributed by atoms with Gasteiger partial charge in [0.2, 0.25) is 0 Å². The average Bonchev–Trinajstić information content (AvgIpc) is 2.57. The molecule has 1 fully saturated rings. The third kappa shape index (κ3) is 0.971. The molecule has 0 aromatic rings. The van der Waals surface area contributed by atoms with Crippen LogP contribution in [-0.2, 0) is 19.1 Å². The van der Waals surface area contributed by atoms with Crippen molar-refractivity contribution in [2.75, 3.05) is 14.2 Å². The van der Waals surface area contributed by atoms with E-state index in [1.54, 1.807) is 13.8 Å². The van der Waals surface area contributed by atoms with Crippen molar-refractivity contribution < 1.29 is 19.1 Å². The van der Waals surface area contributed by atoms with E-state index in [1.165, 1.54) is 14.2 Å². The van der Waals surface area contributed by atoms with Crippen LogP contribution in [0.2, 0.25) is 0 Å². The summed E-state index contributed by atoms with van der Waals surface area (Å²) in [6.45, 7) is 7.24. The first kappa shape index (κ1) is 12.0. The summed E-state index contributed by atoms with van der Waals surface area (Å²) in [6.07, 6.45) is 0. The number of hydrogen-bond donors (Lipinski definition) is 0. The Bertz CT molecular complexity index is 291. The highest BCUT2D eigenvalue weighted by molar-refractivity contribution is 5.96. The molecule has 15 heavy (non-hydrogen) atoms. The Kier molecular flexibility index (Phi) is 2.38. The summed E-state index contributed by atoms with van der Waals surface area (Å²) < 4.78 is 9.51. The van der Waals surface area contributed by atoms with Crippen LogP contribution in [0.5, 0.6) is 0 Å². The number of rotatable bonds is 2. The number of hydrogen-bond acceptors (Lipinski definition) is 4. The molecule has 0 heterocycles. The standard InChI is InChI=1S/C11H18O4/c1-9(2)10(3,7(12)14-5)11(9,4)8(13)15-6/h1-6H3. The van der Waals surface area contributed by atoms with E-state index in [4.69, 9.17) is 9.47 Å². The number of esters is 2. The molecular formula is C11H18O4. The van der Waals surface area contributed by atoms with E-state index in [2.05, 4.69) is 0 Å². The van der Waals surface area contributed by atoms with Crippen LogP contribution in [0, 0.1) is 16.2 Å². The van der Waals surface area contributed by atoms with Crippen molar-refractivity contribution in [1.29, 1.82) is 0 Å². The molecule has 2 atom stereocenters. The fraction of sp³-hybridized carbons (Fsp3) is 0.818. The molecule has 1 saturated carbocycles. The van der Waals surface area contributed by atoms with E-state index in [0.717, 1.165) is 0 Å².